The van der Waals surface area contributed by atoms with E-state index < -0.39 is 21.6 Å². The second-order valence-electron chi connectivity index (χ2n) is 4.12. The summed E-state index contributed by atoms with van der Waals surface area (Å²) in [6.45, 7) is 7.45. The average Bonchev–Trinajstić information content (AvgIpc) is 2.36. The van der Waals surface area contributed by atoms with E-state index in [0.29, 0.717) is 0 Å². The fraction of sp³-hybridized carbons (Fsp3) is 0.833. The highest BCUT2D eigenvalue weighted by molar-refractivity contribution is 9.12. The van der Waals surface area contributed by atoms with Crippen LogP contribution in [0.4, 0.5) is 0 Å². The molecule has 0 saturated carbocycles. The predicted molar refractivity (Wildman–Crippen MR) is 77.1 cm³/mol. The molecule has 4 nitrogen and oxygen atoms in total. The van der Waals surface area contributed by atoms with Crippen molar-refractivity contribution >= 4 is 43.8 Å². The van der Waals surface area contributed by atoms with Gasteiger partial charge in [0.25, 0.3) is 0 Å². The van der Waals surface area contributed by atoms with Gasteiger partial charge >= 0.3 is 11.9 Å². The second kappa shape index (κ2) is 8.91. The zero-order valence-electron chi connectivity index (χ0n) is 11.1. The lowest BCUT2D eigenvalue weighted by molar-refractivity contribution is -0.153. The normalized spacial score (nSPS) is 17.4. The van der Waals surface area contributed by atoms with E-state index in [2.05, 4.69) is 31.9 Å². The van der Waals surface area contributed by atoms with Crippen LogP contribution in [0.25, 0.3) is 0 Å². The van der Waals surface area contributed by atoms with Crippen LogP contribution in [-0.4, -0.2) is 33.8 Å². The Labute approximate surface area is 125 Å². The fourth-order valence-corrected chi connectivity index (χ4v) is 1.58. The van der Waals surface area contributed by atoms with Gasteiger partial charge in [-0.3, -0.25) is 9.59 Å². The van der Waals surface area contributed by atoms with Crippen LogP contribution in [0.15, 0.2) is 0 Å². The minimum atomic E-state index is -0.747. The third-order valence-electron chi connectivity index (χ3n) is 2.49. The van der Waals surface area contributed by atoms with Crippen LogP contribution in [0.5, 0.6) is 0 Å². The number of rotatable bonds is 7. The zero-order valence-corrected chi connectivity index (χ0v) is 14.3. The first-order valence-electron chi connectivity index (χ1n) is 6.02. The van der Waals surface area contributed by atoms with Crippen LogP contribution in [0.1, 0.15) is 40.5 Å². The number of carbonyl (C=O) groups is 2. The molecule has 106 valence electrons. The third kappa shape index (κ3) is 6.18. The van der Waals surface area contributed by atoms with Gasteiger partial charge < -0.3 is 9.47 Å². The Hall–Kier alpha value is -0.100. The summed E-state index contributed by atoms with van der Waals surface area (Å²) < 4.78 is 10.3. The van der Waals surface area contributed by atoms with Gasteiger partial charge in [-0.05, 0) is 26.7 Å². The Balaban J connectivity index is 4.35. The molecule has 0 aliphatic heterocycles. The third-order valence-corrected chi connectivity index (χ3v) is 5.01. The number of ether oxygens (including phenoxy) is 2. The van der Waals surface area contributed by atoms with E-state index in [1.54, 1.807) is 13.8 Å². The van der Waals surface area contributed by atoms with E-state index in [0.717, 1.165) is 12.8 Å². The molecule has 0 amide bonds. The number of carbonyl (C=O) groups excluding carboxylic acids is 2. The van der Waals surface area contributed by atoms with Crippen molar-refractivity contribution in [1.29, 1.82) is 0 Å². The predicted octanol–water partition coefficient (Wildman–Crippen LogP) is 3.20. The molecular formula is C12H20Br2O4. The molecule has 6 heteroatoms. The summed E-state index contributed by atoms with van der Waals surface area (Å²) in [6.07, 6.45) is 1.14. The van der Waals surface area contributed by atoms with E-state index in [4.69, 9.17) is 9.47 Å². The van der Waals surface area contributed by atoms with E-state index in [1.807, 2.05) is 13.8 Å². The van der Waals surface area contributed by atoms with Gasteiger partial charge in [-0.1, -0.05) is 45.7 Å². The highest BCUT2D eigenvalue weighted by atomic mass is 79.9. The molecular weight excluding hydrogens is 368 g/mol. The number of esters is 2. The van der Waals surface area contributed by atoms with E-state index in [1.165, 1.54) is 0 Å². The number of hydrogen-bond acceptors (Lipinski definition) is 4. The van der Waals surface area contributed by atoms with Crippen LogP contribution >= 0.6 is 31.9 Å². The topological polar surface area (TPSA) is 52.6 Å². The van der Waals surface area contributed by atoms with Gasteiger partial charge in [-0.25, -0.2) is 0 Å². The largest absolute Gasteiger partial charge is 0.462 e. The fourth-order valence-electron chi connectivity index (χ4n) is 0.932. The lowest BCUT2D eigenvalue weighted by atomic mass is 10.2. The van der Waals surface area contributed by atoms with Crippen LogP contribution in [-0.2, 0) is 19.1 Å². The Kier molecular flexibility index (Phi) is 8.86. The number of halogens is 2. The molecule has 0 aromatic rings. The van der Waals surface area contributed by atoms with Crippen molar-refractivity contribution in [3.63, 3.8) is 0 Å². The minimum absolute atomic E-state index is 0.164. The molecule has 0 fully saturated rings. The van der Waals surface area contributed by atoms with Gasteiger partial charge in [0.2, 0.25) is 0 Å². The lowest BCUT2D eigenvalue weighted by Gasteiger charge is -2.19. The summed E-state index contributed by atoms with van der Waals surface area (Å²) >= 11 is 6.31. The monoisotopic (exact) mass is 386 g/mol. The maximum Gasteiger partial charge on any atom is 0.321 e. The molecule has 0 radical (unpaired) electrons. The number of alkyl halides is 2. The summed E-state index contributed by atoms with van der Waals surface area (Å²) in [6, 6.07) is 0. The molecule has 4 atom stereocenters. The highest BCUT2D eigenvalue weighted by Gasteiger charge is 2.33. The van der Waals surface area contributed by atoms with Crippen LogP contribution in [0.2, 0.25) is 0 Å². The van der Waals surface area contributed by atoms with Crippen molar-refractivity contribution < 1.29 is 19.1 Å². The van der Waals surface area contributed by atoms with Crippen molar-refractivity contribution in [3.8, 4) is 0 Å². The Morgan fingerprint density at radius 1 is 0.889 bits per heavy atom. The van der Waals surface area contributed by atoms with Gasteiger partial charge in [0.1, 0.15) is 9.65 Å². The smallest absolute Gasteiger partial charge is 0.321 e. The number of hydrogen-bond donors (Lipinski definition) is 0. The Morgan fingerprint density at radius 2 is 1.17 bits per heavy atom. The van der Waals surface area contributed by atoms with E-state index in [-0.39, 0.29) is 12.2 Å². The summed E-state index contributed by atoms with van der Waals surface area (Å²) in [5.74, 6) is -0.931. The maximum atomic E-state index is 11.7. The van der Waals surface area contributed by atoms with Gasteiger partial charge in [0.15, 0.2) is 0 Å². The SMILES string of the molecule is CCC(C)OC(=O)[C@H](Br)[C@@H](Br)C(=O)OC(C)CC. The van der Waals surface area contributed by atoms with E-state index >= 15 is 0 Å². The summed E-state index contributed by atoms with van der Waals surface area (Å²) in [5.41, 5.74) is 0. The molecule has 0 saturated heterocycles. The average molecular weight is 388 g/mol. The molecule has 18 heavy (non-hydrogen) atoms. The minimum Gasteiger partial charge on any atom is -0.462 e. The summed E-state index contributed by atoms with van der Waals surface area (Å²) in [4.78, 5) is 21.9. The molecule has 0 aliphatic carbocycles. The van der Waals surface area contributed by atoms with Crippen LogP contribution in [0, 0.1) is 0 Å². The van der Waals surface area contributed by atoms with Crippen molar-refractivity contribution in [2.75, 3.05) is 0 Å². The molecule has 0 heterocycles. The first kappa shape index (κ1) is 17.9. The molecule has 0 aliphatic rings. The van der Waals surface area contributed by atoms with Gasteiger partial charge in [-0.15, -0.1) is 0 Å². The van der Waals surface area contributed by atoms with Gasteiger partial charge in [-0.2, -0.15) is 0 Å². The molecule has 0 bridgehead atoms. The highest BCUT2D eigenvalue weighted by Crippen LogP contribution is 2.19. The Bertz CT molecular complexity index is 255. The van der Waals surface area contributed by atoms with Crippen molar-refractivity contribution in [1.82, 2.24) is 0 Å². The van der Waals surface area contributed by atoms with Gasteiger partial charge in [0.05, 0.1) is 12.2 Å². The van der Waals surface area contributed by atoms with Crippen LogP contribution in [0.3, 0.4) is 0 Å². The van der Waals surface area contributed by atoms with Crippen molar-refractivity contribution in [2.24, 2.45) is 0 Å². The standard InChI is InChI=1S/C12H20Br2O4/c1-5-7(3)17-11(15)9(13)10(14)12(16)18-8(4)6-2/h7-10H,5-6H2,1-4H3/t7?,8?,9-,10-/m1/s1. The molecule has 0 aromatic carbocycles. The van der Waals surface area contributed by atoms with Gasteiger partial charge in [0, 0.05) is 0 Å². The lowest BCUT2D eigenvalue weighted by Crippen LogP contribution is -2.36. The Morgan fingerprint density at radius 3 is 1.39 bits per heavy atom. The first-order chi connectivity index (χ1) is 8.33. The quantitative estimate of drug-likeness (QED) is 0.497. The van der Waals surface area contributed by atoms with Crippen molar-refractivity contribution in [2.45, 2.75) is 62.4 Å². The molecule has 0 rings (SSSR count). The van der Waals surface area contributed by atoms with Crippen LogP contribution < -0.4 is 0 Å². The maximum absolute atomic E-state index is 11.7. The summed E-state index contributed by atoms with van der Waals surface area (Å²) in [7, 11) is 0. The zero-order chi connectivity index (χ0) is 14.3. The molecule has 2 unspecified atom stereocenters. The molecule has 0 aromatic heterocycles. The first-order valence-corrected chi connectivity index (χ1v) is 7.85. The van der Waals surface area contributed by atoms with E-state index in [9.17, 15) is 9.59 Å². The molecule has 0 N–H and O–H groups in total. The molecule has 0 spiro atoms. The second-order valence-corrected chi connectivity index (χ2v) is 6.09. The van der Waals surface area contributed by atoms with Crippen molar-refractivity contribution in [3.05, 3.63) is 0 Å². The summed E-state index contributed by atoms with van der Waals surface area (Å²) in [5, 5.41) is 0.